The van der Waals surface area contributed by atoms with Crippen LogP contribution in [0.4, 0.5) is 4.79 Å². The number of quaternary nitrogens is 1. The molecule has 0 aliphatic carbocycles. The zero-order valence-electron chi connectivity index (χ0n) is 10.3. The minimum atomic E-state index is -0.737. The number of carbonyl (C=O) groups is 2. The summed E-state index contributed by atoms with van der Waals surface area (Å²) in [7, 11) is 3.08. The van der Waals surface area contributed by atoms with E-state index in [2.05, 4.69) is 10.1 Å². The molecule has 5 nitrogen and oxygen atoms in total. The number of carbonyl (C=O) groups excluding carboxylic acids is 2. The number of hydrogen-bond acceptors (Lipinski definition) is 3. The predicted molar refractivity (Wildman–Crippen MR) is 67.5 cm³/mol. The highest BCUT2D eigenvalue weighted by atomic mass is 35.5. The van der Waals surface area contributed by atoms with Gasteiger partial charge in [-0.25, -0.2) is 4.79 Å². The highest BCUT2D eigenvalue weighted by Crippen LogP contribution is 2.08. The fraction of sp³-hybridized carbons (Fsp3) is 0.333. The summed E-state index contributed by atoms with van der Waals surface area (Å²) in [4.78, 5) is 23.2. The van der Waals surface area contributed by atoms with Crippen LogP contribution in [0.5, 0.6) is 0 Å². The molecule has 98 valence electrons. The smallest absolute Gasteiger partial charge is 0.413 e. The van der Waals surface area contributed by atoms with Crippen LogP contribution in [0.3, 0.4) is 0 Å². The van der Waals surface area contributed by atoms with Gasteiger partial charge in [-0.2, -0.15) is 0 Å². The third kappa shape index (κ3) is 5.16. The normalized spacial score (nSPS) is 11.7. The lowest BCUT2D eigenvalue weighted by Gasteiger charge is -2.13. The van der Waals surface area contributed by atoms with E-state index in [4.69, 9.17) is 11.6 Å². The quantitative estimate of drug-likeness (QED) is 0.825. The molecule has 0 aliphatic heterocycles. The Kier molecular flexibility index (Phi) is 5.61. The molecule has 0 bridgehead atoms. The van der Waals surface area contributed by atoms with Crippen molar-refractivity contribution in [1.82, 2.24) is 5.32 Å². The molecule has 0 aromatic heterocycles. The number of alkyl carbamates (subject to hydrolysis) is 1. The number of hydrogen-bond donors (Lipinski definition) is 2. The van der Waals surface area contributed by atoms with Crippen molar-refractivity contribution in [2.45, 2.75) is 6.54 Å². The minimum absolute atomic E-state index is 0.192. The van der Waals surface area contributed by atoms with Crippen molar-refractivity contribution in [2.24, 2.45) is 0 Å². The van der Waals surface area contributed by atoms with E-state index in [0.717, 1.165) is 10.5 Å². The van der Waals surface area contributed by atoms with Crippen molar-refractivity contribution in [1.29, 1.82) is 0 Å². The summed E-state index contributed by atoms with van der Waals surface area (Å²) in [6.07, 6.45) is -0.737. The molecule has 1 aromatic rings. The Morgan fingerprint density at radius 2 is 1.94 bits per heavy atom. The fourth-order valence-electron chi connectivity index (χ4n) is 1.50. The molecule has 0 fully saturated rings. The summed E-state index contributed by atoms with van der Waals surface area (Å²) in [5.41, 5.74) is 1.07. The summed E-state index contributed by atoms with van der Waals surface area (Å²) in [6, 6.07) is 7.42. The van der Waals surface area contributed by atoms with Gasteiger partial charge in [0, 0.05) is 10.6 Å². The number of nitrogens with one attached hydrogen (secondary N) is 2. The second kappa shape index (κ2) is 6.98. The second-order valence-electron chi connectivity index (χ2n) is 3.98. The van der Waals surface area contributed by atoms with Gasteiger partial charge in [-0.1, -0.05) is 23.7 Å². The second-order valence-corrected chi connectivity index (χ2v) is 4.41. The van der Waals surface area contributed by atoms with Crippen LogP contribution < -0.4 is 10.2 Å². The van der Waals surface area contributed by atoms with Gasteiger partial charge in [0.05, 0.1) is 14.2 Å². The minimum Gasteiger partial charge on any atom is -0.453 e. The fourth-order valence-corrected chi connectivity index (χ4v) is 1.62. The number of methoxy groups -OCH3 is 1. The molecule has 2 amide bonds. The molecule has 0 radical (unpaired) electrons. The van der Waals surface area contributed by atoms with Gasteiger partial charge in [-0.15, -0.1) is 0 Å². The average molecular weight is 272 g/mol. The van der Waals surface area contributed by atoms with Gasteiger partial charge in [0.1, 0.15) is 6.54 Å². The van der Waals surface area contributed by atoms with Crippen LogP contribution in [0.15, 0.2) is 24.3 Å². The Morgan fingerprint density at radius 1 is 1.33 bits per heavy atom. The number of benzene rings is 1. The van der Waals surface area contributed by atoms with E-state index in [1.165, 1.54) is 7.11 Å². The molecule has 0 saturated heterocycles. The summed E-state index contributed by atoms with van der Waals surface area (Å²) in [5, 5.41) is 2.79. The molecular weight excluding hydrogens is 256 g/mol. The maximum Gasteiger partial charge on any atom is 0.413 e. The number of likely N-dealkylation sites (N-methyl/N-ethyl adjacent to an activating group) is 1. The number of halogens is 1. The van der Waals surface area contributed by atoms with Crippen molar-refractivity contribution < 1.29 is 19.2 Å². The zero-order valence-corrected chi connectivity index (χ0v) is 11.1. The Labute approximate surface area is 111 Å². The Bertz CT molecular complexity index is 420. The van der Waals surface area contributed by atoms with Crippen LogP contribution in [0.1, 0.15) is 5.56 Å². The zero-order chi connectivity index (χ0) is 13.5. The Morgan fingerprint density at radius 3 is 2.50 bits per heavy atom. The Balaban J connectivity index is 2.41. The van der Waals surface area contributed by atoms with Crippen LogP contribution >= 0.6 is 11.6 Å². The number of ether oxygens (including phenoxy) is 1. The molecule has 0 saturated carbocycles. The van der Waals surface area contributed by atoms with Crippen LogP contribution in [-0.4, -0.2) is 32.7 Å². The largest absolute Gasteiger partial charge is 0.453 e. The van der Waals surface area contributed by atoms with Gasteiger partial charge in [0.15, 0.2) is 6.54 Å². The van der Waals surface area contributed by atoms with Crippen LogP contribution in [0.25, 0.3) is 0 Å². The predicted octanol–water partition coefficient (Wildman–Crippen LogP) is 0.237. The van der Waals surface area contributed by atoms with Crippen molar-refractivity contribution in [3.8, 4) is 0 Å². The lowest BCUT2D eigenvalue weighted by Crippen LogP contribution is -3.08. The van der Waals surface area contributed by atoms with Gasteiger partial charge in [-0.05, 0) is 12.1 Å². The van der Waals surface area contributed by atoms with Crippen LogP contribution in [-0.2, 0) is 16.1 Å². The highest BCUT2D eigenvalue weighted by Gasteiger charge is 2.13. The molecular formula is C12H16ClN2O3+. The summed E-state index contributed by atoms with van der Waals surface area (Å²) in [6.45, 7) is 0.865. The summed E-state index contributed by atoms with van der Waals surface area (Å²) >= 11 is 5.78. The first-order valence-corrected chi connectivity index (χ1v) is 5.82. The van der Waals surface area contributed by atoms with E-state index in [9.17, 15) is 9.59 Å². The SMILES string of the molecule is COC(=O)NC(=O)C[NH+](C)Cc1ccc(Cl)cc1. The molecule has 18 heavy (non-hydrogen) atoms. The topological polar surface area (TPSA) is 59.8 Å². The van der Waals surface area contributed by atoms with Crippen molar-refractivity contribution in [3.05, 3.63) is 34.9 Å². The van der Waals surface area contributed by atoms with Gasteiger partial charge >= 0.3 is 6.09 Å². The van der Waals surface area contributed by atoms with Crippen molar-refractivity contribution >= 4 is 23.6 Å². The number of amides is 2. The van der Waals surface area contributed by atoms with E-state index in [1.807, 2.05) is 19.2 Å². The summed E-state index contributed by atoms with van der Waals surface area (Å²) in [5.74, 6) is -0.367. The first-order chi connectivity index (χ1) is 8.51. The molecule has 1 atom stereocenters. The van der Waals surface area contributed by atoms with Crippen LogP contribution in [0.2, 0.25) is 5.02 Å². The third-order valence-electron chi connectivity index (χ3n) is 2.31. The lowest BCUT2D eigenvalue weighted by atomic mass is 10.2. The molecule has 1 aromatic carbocycles. The molecule has 6 heteroatoms. The van der Waals surface area contributed by atoms with Gasteiger partial charge in [0.25, 0.3) is 5.91 Å². The van der Waals surface area contributed by atoms with Gasteiger partial charge in [-0.3, -0.25) is 10.1 Å². The summed E-state index contributed by atoms with van der Waals surface area (Å²) < 4.78 is 4.34. The van der Waals surface area contributed by atoms with E-state index < -0.39 is 6.09 Å². The van der Waals surface area contributed by atoms with Crippen LogP contribution in [0, 0.1) is 0 Å². The standard InChI is InChI=1S/C12H15ClN2O3/c1-15(8-11(16)14-12(17)18-2)7-9-3-5-10(13)6-4-9/h3-6H,7-8H2,1-2H3,(H,14,16,17)/p+1. The maximum atomic E-state index is 11.4. The first kappa shape index (κ1) is 14.5. The molecule has 0 spiro atoms. The van der Waals surface area contributed by atoms with Crippen molar-refractivity contribution in [2.75, 3.05) is 20.7 Å². The van der Waals surface area contributed by atoms with E-state index >= 15 is 0 Å². The molecule has 0 heterocycles. The van der Waals surface area contributed by atoms with Gasteiger partial charge in [0.2, 0.25) is 0 Å². The molecule has 1 unspecified atom stereocenters. The lowest BCUT2D eigenvalue weighted by molar-refractivity contribution is -0.885. The van der Waals surface area contributed by atoms with E-state index in [0.29, 0.717) is 11.6 Å². The highest BCUT2D eigenvalue weighted by molar-refractivity contribution is 6.30. The number of rotatable bonds is 4. The van der Waals surface area contributed by atoms with E-state index in [-0.39, 0.29) is 12.5 Å². The maximum absolute atomic E-state index is 11.4. The Hall–Kier alpha value is -1.59. The third-order valence-corrected chi connectivity index (χ3v) is 2.56. The van der Waals surface area contributed by atoms with Crippen molar-refractivity contribution in [3.63, 3.8) is 0 Å². The number of imide groups is 1. The molecule has 2 N–H and O–H groups in total. The molecule has 0 aliphatic rings. The van der Waals surface area contributed by atoms with E-state index in [1.54, 1.807) is 12.1 Å². The average Bonchev–Trinajstić information content (AvgIpc) is 2.31. The van der Waals surface area contributed by atoms with Gasteiger partial charge < -0.3 is 9.64 Å². The first-order valence-electron chi connectivity index (χ1n) is 5.45. The monoisotopic (exact) mass is 271 g/mol. The molecule has 1 rings (SSSR count).